The number of hydrogen-bond donors (Lipinski definition) is 0. The fourth-order valence-electron chi connectivity index (χ4n) is 3.30. The van der Waals surface area contributed by atoms with Gasteiger partial charge in [0.2, 0.25) is 5.91 Å². The van der Waals surface area contributed by atoms with Crippen molar-refractivity contribution in [1.29, 1.82) is 0 Å². The Morgan fingerprint density at radius 3 is 2.64 bits per heavy atom. The number of amides is 2. The summed E-state index contributed by atoms with van der Waals surface area (Å²) < 4.78 is 5.47. The van der Waals surface area contributed by atoms with E-state index >= 15 is 0 Å². The molecule has 0 spiro atoms. The van der Waals surface area contributed by atoms with Crippen LogP contribution in [0, 0.1) is 6.92 Å². The molecular weight excluding hydrogens is 336 g/mol. The van der Waals surface area contributed by atoms with Gasteiger partial charge in [0, 0.05) is 38.5 Å². The molecule has 5 nitrogen and oxygen atoms in total. The number of ether oxygens (including phenoxy) is 1. The first-order valence-electron chi connectivity index (χ1n) is 8.95. The first-order valence-corrected chi connectivity index (χ1v) is 10.1. The quantitative estimate of drug-likeness (QED) is 0.805. The minimum atomic E-state index is -0.257. The largest absolute Gasteiger partial charge is 0.368 e. The van der Waals surface area contributed by atoms with Gasteiger partial charge >= 0.3 is 0 Å². The molecule has 2 heterocycles. The fourth-order valence-corrected chi connectivity index (χ4v) is 4.18. The van der Waals surface area contributed by atoms with Crippen molar-refractivity contribution in [1.82, 2.24) is 9.80 Å². The van der Waals surface area contributed by atoms with Crippen LogP contribution < -0.4 is 0 Å². The number of carbonyl (C=O) groups is 2. The Labute approximate surface area is 153 Å². The molecule has 2 saturated heterocycles. The van der Waals surface area contributed by atoms with Crippen LogP contribution in [0.2, 0.25) is 0 Å². The smallest absolute Gasteiger partial charge is 0.251 e. The summed E-state index contributed by atoms with van der Waals surface area (Å²) >= 11 is 1.65. The van der Waals surface area contributed by atoms with Crippen LogP contribution in [0.15, 0.2) is 24.3 Å². The first kappa shape index (κ1) is 18.3. The summed E-state index contributed by atoms with van der Waals surface area (Å²) in [5.74, 6) is 1.61. The summed E-state index contributed by atoms with van der Waals surface area (Å²) in [4.78, 5) is 28.4. The Hall–Kier alpha value is -1.53. The maximum atomic E-state index is 12.4. The summed E-state index contributed by atoms with van der Waals surface area (Å²) in [6.45, 7) is 5.26. The third kappa shape index (κ3) is 4.98. The van der Waals surface area contributed by atoms with Gasteiger partial charge in [-0.15, -0.1) is 11.8 Å². The molecule has 0 radical (unpaired) electrons. The third-order valence-corrected chi connectivity index (χ3v) is 5.71. The zero-order valence-electron chi connectivity index (χ0n) is 14.8. The maximum absolute atomic E-state index is 12.4. The minimum Gasteiger partial charge on any atom is -0.368 e. The van der Waals surface area contributed by atoms with Crippen molar-refractivity contribution < 1.29 is 14.3 Å². The lowest BCUT2D eigenvalue weighted by Gasteiger charge is -2.35. The van der Waals surface area contributed by atoms with Crippen molar-refractivity contribution in [2.24, 2.45) is 0 Å². The van der Waals surface area contributed by atoms with Crippen molar-refractivity contribution in [2.45, 2.75) is 31.6 Å². The van der Waals surface area contributed by atoms with Crippen LogP contribution in [0.4, 0.5) is 0 Å². The lowest BCUT2D eigenvalue weighted by Crippen LogP contribution is -2.53. The molecule has 3 rings (SSSR count). The highest BCUT2D eigenvalue weighted by atomic mass is 32.2. The second-order valence-corrected chi connectivity index (χ2v) is 7.68. The van der Waals surface area contributed by atoms with Crippen molar-refractivity contribution in [2.75, 3.05) is 38.5 Å². The number of nitrogens with zero attached hydrogens (tertiary/aromatic N) is 2. The second-order valence-electron chi connectivity index (χ2n) is 6.69. The van der Waals surface area contributed by atoms with Crippen LogP contribution in [-0.4, -0.2) is 66.3 Å². The second kappa shape index (κ2) is 8.72. The predicted octanol–water partition coefficient (Wildman–Crippen LogP) is 2.08. The number of benzene rings is 1. The molecule has 1 unspecified atom stereocenters. The molecule has 136 valence electrons. The highest BCUT2D eigenvalue weighted by Crippen LogP contribution is 2.17. The van der Waals surface area contributed by atoms with Crippen molar-refractivity contribution in [3.63, 3.8) is 0 Å². The number of thioether (sulfide) groups is 1. The number of carbonyl (C=O) groups excluding carboxylic acids is 2. The van der Waals surface area contributed by atoms with Crippen LogP contribution in [0.5, 0.6) is 0 Å². The topological polar surface area (TPSA) is 49.9 Å². The number of aryl methyl sites for hydroxylation is 1. The van der Waals surface area contributed by atoms with E-state index in [1.165, 1.54) is 11.1 Å². The number of piperazine rings is 1. The summed E-state index contributed by atoms with van der Waals surface area (Å²) in [7, 11) is 0. The zero-order valence-corrected chi connectivity index (χ0v) is 15.6. The van der Waals surface area contributed by atoms with E-state index < -0.39 is 0 Å². The van der Waals surface area contributed by atoms with Gasteiger partial charge < -0.3 is 14.5 Å². The Balaban J connectivity index is 1.38. The average molecular weight is 362 g/mol. The molecule has 1 atom stereocenters. The van der Waals surface area contributed by atoms with E-state index in [1.54, 1.807) is 11.8 Å². The molecule has 0 saturated carbocycles. The van der Waals surface area contributed by atoms with Gasteiger partial charge in [-0.05, 0) is 25.3 Å². The molecule has 2 aliphatic rings. The standard InChI is InChI=1S/C19H26N2O3S/c1-15-4-2-5-16(12-15)13-25-14-18(22)20-7-9-21(10-8-20)19(23)17-6-3-11-24-17/h2,4-5,12,17H,3,6-11,13-14H2,1H3. The van der Waals surface area contributed by atoms with Gasteiger partial charge in [-0.3, -0.25) is 9.59 Å². The van der Waals surface area contributed by atoms with Gasteiger partial charge in [-0.1, -0.05) is 29.8 Å². The van der Waals surface area contributed by atoms with E-state index in [0.29, 0.717) is 38.5 Å². The Morgan fingerprint density at radius 2 is 1.96 bits per heavy atom. The van der Waals surface area contributed by atoms with Crippen LogP contribution in [0.25, 0.3) is 0 Å². The van der Waals surface area contributed by atoms with Crippen LogP contribution in [0.1, 0.15) is 24.0 Å². The molecule has 0 bridgehead atoms. The van der Waals surface area contributed by atoms with Crippen molar-refractivity contribution in [3.8, 4) is 0 Å². The lowest BCUT2D eigenvalue weighted by molar-refractivity contribution is -0.145. The van der Waals surface area contributed by atoms with E-state index in [2.05, 4.69) is 31.2 Å². The predicted molar refractivity (Wildman–Crippen MR) is 99.5 cm³/mol. The Bertz CT molecular complexity index is 608. The van der Waals surface area contributed by atoms with Gasteiger partial charge in [-0.2, -0.15) is 0 Å². The lowest BCUT2D eigenvalue weighted by atomic mass is 10.2. The third-order valence-electron chi connectivity index (χ3n) is 4.73. The summed E-state index contributed by atoms with van der Waals surface area (Å²) in [6.07, 6.45) is 1.53. The molecule has 0 aliphatic carbocycles. The van der Waals surface area contributed by atoms with Crippen molar-refractivity contribution in [3.05, 3.63) is 35.4 Å². The monoisotopic (exact) mass is 362 g/mol. The molecular formula is C19H26N2O3S. The molecule has 1 aromatic carbocycles. The number of rotatable bonds is 5. The minimum absolute atomic E-state index is 0.0958. The Kier molecular flexibility index (Phi) is 6.37. The van der Waals surface area contributed by atoms with Gasteiger partial charge in [-0.25, -0.2) is 0 Å². The highest BCUT2D eigenvalue weighted by molar-refractivity contribution is 7.99. The molecule has 25 heavy (non-hydrogen) atoms. The maximum Gasteiger partial charge on any atom is 0.251 e. The normalized spacial score (nSPS) is 20.8. The first-order chi connectivity index (χ1) is 12.1. The molecule has 0 N–H and O–H groups in total. The summed E-state index contributed by atoms with van der Waals surface area (Å²) in [6, 6.07) is 8.39. The fraction of sp³-hybridized carbons (Fsp3) is 0.579. The van der Waals surface area contributed by atoms with Gasteiger partial charge in [0.1, 0.15) is 6.10 Å². The molecule has 6 heteroatoms. The molecule has 2 amide bonds. The van der Waals surface area contributed by atoms with E-state index in [-0.39, 0.29) is 17.9 Å². The molecule has 2 aliphatic heterocycles. The van der Waals surface area contributed by atoms with Crippen LogP contribution >= 0.6 is 11.8 Å². The van der Waals surface area contributed by atoms with Gasteiger partial charge in [0.25, 0.3) is 5.91 Å². The van der Waals surface area contributed by atoms with Gasteiger partial charge in [0.15, 0.2) is 0 Å². The highest BCUT2D eigenvalue weighted by Gasteiger charge is 2.31. The van der Waals surface area contributed by atoms with Crippen molar-refractivity contribution >= 4 is 23.6 Å². The van der Waals surface area contributed by atoms with E-state index in [4.69, 9.17) is 4.74 Å². The average Bonchev–Trinajstić information content (AvgIpc) is 3.16. The number of hydrogen-bond acceptors (Lipinski definition) is 4. The zero-order chi connectivity index (χ0) is 17.6. The van der Waals surface area contributed by atoms with E-state index in [9.17, 15) is 9.59 Å². The van der Waals surface area contributed by atoms with Gasteiger partial charge in [0.05, 0.1) is 5.75 Å². The Morgan fingerprint density at radius 1 is 1.20 bits per heavy atom. The van der Waals surface area contributed by atoms with Crippen LogP contribution in [0.3, 0.4) is 0 Å². The summed E-state index contributed by atoms with van der Waals surface area (Å²) in [5, 5.41) is 0. The van der Waals surface area contributed by atoms with Crippen LogP contribution in [-0.2, 0) is 20.1 Å². The molecule has 1 aromatic rings. The van der Waals surface area contributed by atoms with E-state index in [1.807, 2.05) is 9.80 Å². The van der Waals surface area contributed by atoms with E-state index in [0.717, 1.165) is 18.6 Å². The molecule has 0 aromatic heterocycles. The molecule has 2 fully saturated rings. The SMILES string of the molecule is Cc1cccc(CSCC(=O)N2CCN(C(=O)C3CCCO3)CC2)c1. The summed E-state index contributed by atoms with van der Waals surface area (Å²) in [5.41, 5.74) is 2.50.